The van der Waals surface area contributed by atoms with Crippen molar-refractivity contribution in [3.05, 3.63) is 82.8 Å². The van der Waals surface area contributed by atoms with Crippen LogP contribution in [0.25, 0.3) is 0 Å². The zero-order valence-corrected chi connectivity index (χ0v) is 24.3. The predicted octanol–water partition coefficient (Wildman–Crippen LogP) is 5.02. The first-order valence-corrected chi connectivity index (χ1v) is 14.5. The summed E-state index contributed by atoms with van der Waals surface area (Å²) < 4.78 is 5.35. The van der Waals surface area contributed by atoms with E-state index in [-0.39, 0.29) is 18.7 Å². The van der Waals surface area contributed by atoms with Crippen molar-refractivity contribution in [3.63, 3.8) is 0 Å². The minimum Gasteiger partial charge on any atom is -0.445 e. The van der Waals surface area contributed by atoms with Crippen LogP contribution in [0.4, 0.5) is 22.2 Å². The number of anilines is 3. The molecule has 4 heterocycles. The van der Waals surface area contributed by atoms with Crippen molar-refractivity contribution in [2.45, 2.75) is 58.1 Å². The fraction of sp³-hybridized carbons (Fsp3) is 0.406. The molecule has 10 heteroatoms. The van der Waals surface area contributed by atoms with Gasteiger partial charge in [-0.15, -0.1) is 0 Å². The van der Waals surface area contributed by atoms with E-state index in [0.717, 1.165) is 68.1 Å². The van der Waals surface area contributed by atoms with Gasteiger partial charge in [-0.1, -0.05) is 43.0 Å². The highest BCUT2D eigenvalue weighted by Crippen LogP contribution is 2.33. The van der Waals surface area contributed by atoms with Gasteiger partial charge in [0.15, 0.2) is 0 Å². The van der Waals surface area contributed by atoms with Gasteiger partial charge in [0.05, 0.1) is 12.1 Å². The van der Waals surface area contributed by atoms with Crippen molar-refractivity contribution >= 4 is 23.5 Å². The molecule has 0 unspecified atom stereocenters. The number of amides is 1. The number of rotatable bonds is 9. The van der Waals surface area contributed by atoms with Gasteiger partial charge in [0, 0.05) is 48.9 Å². The van der Waals surface area contributed by atoms with E-state index in [4.69, 9.17) is 14.7 Å². The van der Waals surface area contributed by atoms with Crippen molar-refractivity contribution in [3.8, 4) is 6.07 Å². The zero-order chi connectivity index (χ0) is 29.5. The summed E-state index contributed by atoms with van der Waals surface area (Å²) in [7, 11) is 0. The largest absolute Gasteiger partial charge is 0.445 e. The molecule has 42 heavy (non-hydrogen) atoms. The number of nitrogens with zero attached hydrogens (tertiary/aromatic N) is 5. The van der Waals surface area contributed by atoms with Gasteiger partial charge in [-0.05, 0) is 56.7 Å². The number of fused-ring (bicyclic) bond motifs is 1. The Morgan fingerprint density at radius 1 is 1.17 bits per heavy atom. The molecule has 0 spiro atoms. The van der Waals surface area contributed by atoms with Crippen LogP contribution in [0.2, 0.25) is 0 Å². The summed E-state index contributed by atoms with van der Waals surface area (Å²) in [5.74, 6) is 3.68. The lowest BCUT2D eigenvalue weighted by molar-refractivity contribution is 0.137. The number of piperidine rings is 1. The Labute approximate surface area is 247 Å². The fourth-order valence-corrected chi connectivity index (χ4v) is 5.50. The summed E-state index contributed by atoms with van der Waals surface area (Å²) in [5, 5.41) is 19.0. The number of benzene rings is 1. The van der Waals surface area contributed by atoms with Gasteiger partial charge < -0.3 is 25.6 Å². The van der Waals surface area contributed by atoms with Crippen LogP contribution in [0.15, 0.2) is 54.6 Å². The molecular formula is C32H38N8O2. The first-order valence-electron chi connectivity index (χ1n) is 14.5. The van der Waals surface area contributed by atoms with E-state index in [1.807, 2.05) is 50.2 Å². The topological polar surface area (TPSA) is 128 Å². The molecule has 1 amide bonds. The third-order valence-electron chi connectivity index (χ3n) is 7.90. The summed E-state index contributed by atoms with van der Waals surface area (Å²) in [6, 6.07) is 15.2. The number of alkyl carbamates (subject to hydrolysis) is 1. The zero-order valence-electron chi connectivity index (χ0n) is 24.3. The molecule has 218 valence electrons. The summed E-state index contributed by atoms with van der Waals surface area (Å²) in [6.07, 6.45) is 3.63. The van der Waals surface area contributed by atoms with E-state index >= 15 is 0 Å². The minimum atomic E-state index is -0.661. The second-order valence-corrected chi connectivity index (χ2v) is 10.9. The Bertz CT molecular complexity index is 1460. The molecular weight excluding hydrogens is 528 g/mol. The van der Waals surface area contributed by atoms with E-state index in [1.54, 1.807) is 0 Å². The normalized spacial score (nSPS) is 15.5. The van der Waals surface area contributed by atoms with E-state index < -0.39 is 12.1 Å². The minimum absolute atomic E-state index is 0.134. The Hall–Kier alpha value is -4.65. The predicted molar refractivity (Wildman–Crippen MR) is 164 cm³/mol. The van der Waals surface area contributed by atoms with Gasteiger partial charge in [-0.25, -0.2) is 19.7 Å². The standard InChI is InChI=1S/C32H38N8O2/c1-21(18-33)28(39-32(41)42-20-24-8-5-4-6-9-24)19-35-29-22(2)31(37-23(3)36-29)40-16-13-25(14-17-40)27-12-11-26-10-7-15-34-30(26)38-27/h4-6,8-9,11-12,25,28H,1,7,10,13-17,19-20H2,2-3H3,(H,34,38)(H,39,41)(H,35,36,37)/t28-/m0/s1. The first-order chi connectivity index (χ1) is 20.4. The van der Waals surface area contributed by atoms with E-state index in [9.17, 15) is 10.1 Å². The second kappa shape index (κ2) is 13.3. The molecule has 5 rings (SSSR count). The van der Waals surface area contributed by atoms with E-state index in [0.29, 0.717) is 17.6 Å². The van der Waals surface area contributed by atoms with Crippen LogP contribution in [0.5, 0.6) is 0 Å². The summed E-state index contributed by atoms with van der Waals surface area (Å²) in [6.45, 7) is 10.8. The average molecular weight is 567 g/mol. The third-order valence-corrected chi connectivity index (χ3v) is 7.90. The third kappa shape index (κ3) is 6.97. The number of pyridine rings is 1. The number of nitrogens with one attached hydrogen (secondary N) is 3. The summed E-state index contributed by atoms with van der Waals surface area (Å²) in [4.78, 5) is 29.2. The van der Waals surface area contributed by atoms with E-state index in [1.165, 1.54) is 11.3 Å². The molecule has 0 saturated carbocycles. The van der Waals surface area contributed by atoms with Gasteiger partial charge in [-0.3, -0.25) is 0 Å². The molecule has 0 radical (unpaired) electrons. The quantitative estimate of drug-likeness (QED) is 0.306. The van der Waals surface area contributed by atoms with Gasteiger partial charge in [0.1, 0.15) is 29.9 Å². The van der Waals surface area contributed by atoms with Crippen molar-refractivity contribution in [1.29, 1.82) is 5.26 Å². The number of hydrogen-bond acceptors (Lipinski definition) is 9. The molecule has 2 aliphatic rings. The maximum absolute atomic E-state index is 12.5. The molecule has 1 saturated heterocycles. The molecule has 1 fully saturated rings. The Balaban J connectivity index is 1.20. The number of hydrogen-bond donors (Lipinski definition) is 3. The summed E-state index contributed by atoms with van der Waals surface area (Å²) in [5.41, 5.74) is 4.49. The first kappa shape index (κ1) is 28.9. The highest BCUT2D eigenvalue weighted by atomic mass is 16.5. The Morgan fingerprint density at radius 2 is 1.95 bits per heavy atom. The maximum Gasteiger partial charge on any atom is 0.408 e. The lowest BCUT2D eigenvalue weighted by Crippen LogP contribution is -2.41. The number of aryl methyl sites for hydroxylation is 2. The van der Waals surface area contributed by atoms with Crippen molar-refractivity contribution in [2.75, 3.05) is 41.7 Å². The summed E-state index contributed by atoms with van der Waals surface area (Å²) >= 11 is 0. The van der Waals surface area contributed by atoms with Crippen LogP contribution in [-0.2, 0) is 17.8 Å². The number of carbonyl (C=O) groups excluding carboxylic acids is 1. The number of aromatic nitrogens is 3. The maximum atomic E-state index is 12.5. The van der Waals surface area contributed by atoms with Gasteiger partial charge in [0.2, 0.25) is 0 Å². The molecule has 1 atom stereocenters. The van der Waals surface area contributed by atoms with Crippen molar-refractivity contribution < 1.29 is 9.53 Å². The van der Waals surface area contributed by atoms with E-state index in [2.05, 4.69) is 44.5 Å². The Morgan fingerprint density at radius 3 is 2.71 bits per heavy atom. The molecule has 0 bridgehead atoms. The van der Waals surface area contributed by atoms with Gasteiger partial charge in [0.25, 0.3) is 0 Å². The van der Waals surface area contributed by atoms with Gasteiger partial charge in [-0.2, -0.15) is 5.26 Å². The molecule has 2 aliphatic heterocycles. The SMILES string of the molecule is C=C(C#N)[C@H](CNc1nc(C)nc(N2CCC(c3ccc4c(n3)NCCC4)CC2)c1C)NC(=O)OCc1ccccc1. The van der Waals surface area contributed by atoms with Crippen molar-refractivity contribution in [2.24, 2.45) is 0 Å². The van der Waals surface area contributed by atoms with Crippen molar-refractivity contribution in [1.82, 2.24) is 20.3 Å². The fourth-order valence-electron chi connectivity index (χ4n) is 5.50. The molecule has 3 N–H and O–H groups in total. The Kier molecular flexibility index (Phi) is 9.17. The number of nitriles is 1. The lowest BCUT2D eigenvalue weighted by atomic mass is 9.92. The lowest BCUT2D eigenvalue weighted by Gasteiger charge is -2.34. The smallest absolute Gasteiger partial charge is 0.408 e. The van der Waals surface area contributed by atoms with Crippen LogP contribution < -0.4 is 20.9 Å². The molecule has 2 aromatic heterocycles. The van der Waals surface area contributed by atoms with Crippen LogP contribution in [0.3, 0.4) is 0 Å². The monoisotopic (exact) mass is 566 g/mol. The highest BCUT2D eigenvalue weighted by Gasteiger charge is 2.26. The van der Waals surface area contributed by atoms with Crippen LogP contribution >= 0.6 is 0 Å². The molecule has 3 aromatic rings. The molecule has 0 aliphatic carbocycles. The number of ether oxygens (including phenoxy) is 1. The average Bonchev–Trinajstić information content (AvgIpc) is 3.03. The van der Waals surface area contributed by atoms with Crippen LogP contribution in [-0.4, -0.2) is 53.3 Å². The van der Waals surface area contributed by atoms with Crippen LogP contribution in [0, 0.1) is 25.2 Å². The molecule has 10 nitrogen and oxygen atoms in total. The van der Waals surface area contributed by atoms with Crippen LogP contribution in [0.1, 0.15) is 53.4 Å². The number of carbonyl (C=O) groups is 1. The second-order valence-electron chi connectivity index (χ2n) is 10.9. The highest BCUT2D eigenvalue weighted by molar-refractivity contribution is 5.69. The molecule has 1 aromatic carbocycles. The van der Waals surface area contributed by atoms with Gasteiger partial charge >= 0.3 is 6.09 Å².